The van der Waals surface area contributed by atoms with Crippen LogP contribution in [0.15, 0.2) is 30.3 Å². The molecule has 3 rings (SSSR count). The van der Waals surface area contributed by atoms with Gasteiger partial charge in [0.25, 0.3) is 0 Å². The molecule has 1 amide bonds. The molecule has 0 unspecified atom stereocenters. The van der Waals surface area contributed by atoms with Crippen LogP contribution in [0.25, 0.3) is 0 Å². The normalized spacial score (nSPS) is 21.6. The lowest BCUT2D eigenvalue weighted by Gasteiger charge is -2.30. The van der Waals surface area contributed by atoms with Gasteiger partial charge in [0.1, 0.15) is 0 Å². The first-order valence-corrected chi connectivity index (χ1v) is 8.87. The lowest BCUT2D eigenvalue weighted by atomic mass is 9.78. The highest BCUT2D eigenvalue weighted by Crippen LogP contribution is 2.41. The highest BCUT2D eigenvalue weighted by Gasteiger charge is 2.42. The van der Waals surface area contributed by atoms with Gasteiger partial charge in [0.05, 0.1) is 5.41 Å². The van der Waals surface area contributed by atoms with E-state index in [-0.39, 0.29) is 11.3 Å². The Hall–Kier alpha value is -1.35. The fraction of sp³-hybridized carbons (Fsp3) is 0.632. The second kappa shape index (κ2) is 7.28. The average molecular weight is 300 g/mol. The van der Waals surface area contributed by atoms with Gasteiger partial charge in [0.15, 0.2) is 0 Å². The Kier molecular flexibility index (Phi) is 5.14. The van der Waals surface area contributed by atoms with Crippen LogP contribution in [0.4, 0.5) is 0 Å². The number of piperidine rings is 1. The van der Waals surface area contributed by atoms with Gasteiger partial charge < -0.3 is 10.2 Å². The summed E-state index contributed by atoms with van der Waals surface area (Å²) in [5.41, 5.74) is 0.923. The Morgan fingerprint density at radius 3 is 2.36 bits per heavy atom. The molecule has 1 N–H and O–H groups in total. The highest BCUT2D eigenvalue weighted by atomic mass is 16.2. The molecule has 0 aromatic heterocycles. The number of benzene rings is 1. The summed E-state index contributed by atoms with van der Waals surface area (Å²) in [5.74, 6) is 0.244. The van der Waals surface area contributed by atoms with Crippen molar-refractivity contribution in [1.29, 1.82) is 0 Å². The van der Waals surface area contributed by atoms with Gasteiger partial charge in [-0.3, -0.25) is 4.79 Å². The zero-order valence-corrected chi connectivity index (χ0v) is 13.5. The predicted molar refractivity (Wildman–Crippen MR) is 89.9 cm³/mol. The molecule has 1 saturated carbocycles. The monoisotopic (exact) mass is 300 g/mol. The molecule has 1 aliphatic heterocycles. The maximum atomic E-state index is 12.9. The first kappa shape index (κ1) is 15.5. The van der Waals surface area contributed by atoms with E-state index in [0.29, 0.717) is 0 Å². The molecule has 1 aromatic rings. The van der Waals surface area contributed by atoms with Crippen LogP contribution in [-0.2, 0) is 10.2 Å². The number of carbonyl (C=O) groups excluding carboxylic acids is 1. The molecule has 120 valence electrons. The van der Waals surface area contributed by atoms with Crippen LogP contribution >= 0.6 is 0 Å². The molecule has 3 heteroatoms. The van der Waals surface area contributed by atoms with E-state index in [2.05, 4.69) is 34.5 Å². The van der Waals surface area contributed by atoms with Gasteiger partial charge >= 0.3 is 0 Å². The highest BCUT2D eigenvalue weighted by molar-refractivity contribution is 5.88. The smallest absolute Gasteiger partial charge is 0.230 e. The number of hydrogen-bond acceptors (Lipinski definition) is 2. The van der Waals surface area contributed by atoms with Gasteiger partial charge in [-0.15, -0.1) is 0 Å². The van der Waals surface area contributed by atoms with Crippen LogP contribution in [0.5, 0.6) is 0 Å². The van der Waals surface area contributed by atoms with Gasteiger partial charge in [-0.2, -0.15) is 0 Å². The van der Waals surface area contributed by atoms with Crippen LogP contribution < -0.4 is 5.32 Å². The number of hydrogen-bond donors (Lipinski definition) is 1. The second-order valence-electron chi connectivity index (χ2n) is 6.81. The molecule has 1 saturated heterocycles. The Labute approximate surface area is 134 Å². The van der Waals surface area contributed by atoms with Crippen LogP contribution in [0.2, 0.25) is 0 Å². The molecule has 2 fully saturated rings. The SMILES string of the molecule is O=C(NCCN1CCCCC1)C1(c2ccccc2)CCCC1. The van der Waals surface area contributed by atoms with Crippen molar-refractivity contribution >= 4 is 5.91 Å². The van der Waals surface area contributed by atoms with Crippen LogP contribution in [0.1, 0.15) is 50.5 Å². The number of carbonyl (C=O) groups is 1. The largest absolute Gasteiger partial charge is 0.354 e. The number of nitrogens with one attached hydrogen (secondary N) is 1. The molecule has 22 heavy (non-hydrogen) atoms. The molecular formula is C19H28N2O. The lowest BCUT2D eigenvalue weighted by Crippen LogP contribution is -2.45. The van der Waals surface area contributed by atoms with E-state index in [1.54, 1.807) is 0 Å². The zero-order chi connectivity index (χ0) is 15.3. The van der Waals surface area contributed by atoms with Crippen molar-refractivity contribution in [2.75, 3.05) is 26.2 Å². The quantitative estimate of drug-likeness (QED) is 0.906. The Balaban J connectivity index is 1.59. The van der Waals surface area contributed by atoms with Gasteiger partial charge in [-0.05, 0) is 44.3 Å². The topological polar surface area (TPSA) is 32.3 Å². The van der Waals surface area contributed by atoms with E-state index < -0.39 is 0 Å². The summed E-state index contributed by atoms with van der Waals surface area (Å²) in [6.45, 7) is 4.17. The summed E-state index contributed by atoms with van der Waals surface area (Å²) >= 11 is 0. The summed E-state index contributed by atoms with van der Waals surface area (Å²) in [5, 5.41) is 3.23. The van der Waals surface area contributed by atoms with E-state index in [1.807, 2.05) is 6.07 Å². The van der Waals surface area contributed by atoms with Crippen molar-refractivity contribution in [2.24, 2.45) is 0 Å². The van der Waals surface area contributed by atoms with Crippen molar-refractivity contribution in [1.82, 2.24) is 10.2 Å². The Morgan fingerprint density at radius 2 is 1.68 bits per heavy atom. The summed E-state index contributed by atoms with van der Waals surface area (Å²) < 4.78 is 0. The summed E-state index contributed by atoms with van der Waals surface area (Å²) in [6, 6.07) is 10.4. The predicted octanol–water partition coefficient (Wildman–Crippen LogP) is 3.10. The molecule has 2 aliphatic rings. The average Bonchev–Trinajstić information content (AvgIpc) is 3.08. The van der Waals surface area contributed by atoms with E-state index in [0.717, 1.165) is 38.8 Å². The number of likely N-dealkylation sites (tertiary alicyclic amines) is 1. The van der Waals surface area contributed by atoms with Gasteiger partial charge in [0, 0.05) is 13.1 Å². The van der Waals surface area contributed by atoms with Crippen molar-refractivity contribution < 1.29 is 4.79 Å². The summed E-state index contributed by atoms with van der Waals surface area (Å²) in [6.07, 6.45) is 8.28. The summed E-state index contributed by atoms with van der Waals surface area (Å²) in [7, 11) is 0. The van der Waals surface area contributed by atoms with Gasteiger partial charge in [-0.25, -0.2) is 0 Å². The standard InChI is InChI=1S/C19H28N2O/c22-18(20-13-16-21-14-7-2-8-15-21)19(11-5-6-12-19)17-9-3-1-4-10-17/h1,3-4,9-10H,2,5-8,11-16H2,(H,20,22). The molecular weight excluding hydrogens is 272 g/mol. The molecule has 1 heterocycles. The van der Waals surface area contributed by atoms with Crippen molar-refractivity contribution in [2.45, 2.75) is 50.4 Å². The minimum absolute atomic E-state index is 0.244. The van der Waals surface area contributed by atoms with E-state index in [1.165, 1.54) is 37.9 Å². The Bertz CT molecular complexity index is 473. The van der Waals surface area contributed by atoms with Gasteiger partial charge in [-0.1, -0.05) is 49.6 Å². The van der Waals surface area contributed by atoms with Crippen molar-refractivity contribution in [3.05, 3.63) is 35.9 Å². The molecule has 0 atom stereocenters. The first-order valence-electron chi connectivity index (χ1n) is 8.87. The fourth-order valence-corrected chi connectivity index (χ4v) is 4.06. The molecule has 0 spiro atoms. The maximum absolute atomic E-state index is 12.9. The lowest BCUT2D eigenvalue weighted by molar-refractivity contribution is -0.126. The first-order chi connectivity index (χ1) is 10.8. The minimum atomic E-state index is -0.275. The number of amides is 1. The third kappa shape index (κ3) is 3.35. The number of nitrogens with zero attached hydrogens (tertiary/aromatic N) is 1. The summed E-state index contributed by atoms with van der Waals surface area (Å²) in [4.78, 5) is 15.4. The Morgan fingerprint density at radius 1 is 1.00 bits per heavy atom. The van der Waals surface area contributed by atoms with Gasteiger partial charge in [0.2, 0.25) is 5.91 Å². The van der Waals surface area contributed by atoms with Crippen molar-refractivity contribution in [3.8, 4) is 0 Å². The molecule has 0 radical (unpaired) electrons. The molecule has 0 bridgehead atoms. The fourth-order valence-electron chi connectivity index (χ4n) is 4.06. The second-order valence-corrected chi connectivity index (χ2v) is 6.81. The van der Waals surface area contributed by atoms with Crippen LogP contribution in [0, 0.1) is 0 Å². The third-order valence-corrected chi connectivity index (χ3v) is 5.38. The number of rotatable bonds is 5. The van der Waals surface area contributed by atoms with Crippen LogP contribution in [-0.4, -0.2) is 37.0 Å². The molecule has 1 aliphatic carbocycles. The zero-order valence-electron chi connectivity index (χ0n) is 13.5. The van der Waals surface area contributed by atoms with E-state index >= 15 is 0 Å². The minimum Gasteiger partial charge on any atom is -0.354 e. The van der Waals surface area contributed by atoms with Crippen molar-refractivity contribution in [3.63, 3.8) is 0 Å². The molecule has 3 nitrogen and oxygen atoms in total. The molecule has 1 aromatic carbocycles. The maximum Gasteiger partial charge on any atom is 0.230 e. The third-order valence-electron chi connectivity index (χ3n) is 5.38. The van der Waals surface area contributed by atoms with Crippen LogP contribution in [0.3, 0.4) is 0 Å². The van der Waals surface area contributed by atoms with E-state index in [9.17, 15) is 4.79 Å². The van der Waals surface area contributed by atoms with E-state index in [4.69, 9.17) is 0 Å².